The van der Waals surface area contributed by atoms with Crippen LogP contribution in [0.5, 0.6) is 0 Å². The molecule has 0 radical (unpaired) electrons. The first-order valence-electron chi connectivity index (χ1n) is 7.57. The van der Waals surface area contributed by atoms with Crippen LogP contribution in [0, 0.1) is 6.92 Å². The van der Waals surface area contributed by atoms with Gasteiger partial charge in [-0.05, 0) is 33.3 Å². The lowest BCUT2D eigenvalue weighted by Gasteiger charge is -2.14. The normalized spacial score (nSPS) is 13.8. The molecule has 2 atom stereocenters. The molecule has 0 saturated carbocycles. The van der Waals surface area contributed by atoms with Crippen molar-refractivity contribution in [1.82, 2.24) is 20.4 Å². The van der Waals surface area contributed by atoms with Crippen LogP contribution in [0.1, 0.15) is 35.6 Å². The van der Waals surface area contributed by atoms with Gasteiger partial charge in [-0.1, -0.05) is 0 Å². The Kier molecular flexibility index (Phi) is 5.38. The van der Waals surface area contributed by atoms with E-state index >= 15 is 0 Å². The van der Waals surface area contributed by atoms with Crippen LogP contribution in [0.3, 0.4) is 0 Å². The number of nitrogens with zero attached hydrogens (tertiary/aromatic N) is 2. The number of aromatic nitrogens is 2. The lowest BCUT2D eigenvalue weighted by Crippen LogP contribution is -2.45. The first kappa shape index (κ1) is 17.4. The van der Waals surface area contributed by atoms with Crippen LogP contribution in [-0.4, -0.2) is 40.2 Å². The van der Waals surface area contributed by atoms with Gasteiger partial charge in [0.05, 0.1) is 10.6 Å². The molecule has 4 N–H and O–H groups in total. The third kappa shape index (κ3) is 4.08. The van der Waals surface area contributed by atoms with Crippen LogP contribution < -0.4 is 16.4 Å². The predicted molar refractivity (Wildman–Crippen MR) is 91.5 cm³/mol. The summed E-state index contributed by atoms with van der Waals surface area (Å²) in [5.41, 5.74) is 6.52. The molecule has 126 valence electrons. The number of aryl methyl sites for hydroxylation is 2. The monoisotopic (exact) mass is 337 g/mol. The van der Waals surface area contributed by atoms with Crippen LogP contribution >= 0.6 is 11.3 Å². The van der Waals surface area contributed by atoms with E-state index < -0.39 is 6.04 Å². The maximum atomic E-state index is 12.3. The zero-order valence-electron chi connectivity index (χ0n) is 13.8. The van der Waals surface area contributed by atoms with Gasteiger partial charge in [0.2, 0.25) is 5.91 Å². The molecule has 0 aliphatic carbocycles. The molecule has 0 fully saturated rings. The second-order valence-corrected chi connectivity index (χ2v) is 6.82. The van der Waals surface area contributed by atoms with Gasteiger partial charge in [0.25, 0.3) is 5.91 Å². The second kappa shape index (κ2) is 7.10. The maximum absolute atomic E-state index is 12.3. The van der Waals surface area contributed by atoms with Crippen molar-refractivity contribution < 1.29 is 9.59 Å². The molecule has 2 unspecified atom stereocenters. The Bertz CT molecular complexity index is 684. The highest BCUT2D eigenvalue weighted by Gasteiger charge is 2.19. The fourth-order valence-electron chi connectivity index (χ4n) is 2.23. The van der Waals surface area contributed by atoms with Crippen LogP contribution in [0.25, 0.3) is 10.2 Å². The standard InChI is InChI=1S/C15H23N5O2S/c1-8(16)5-6-17-13(21)10(3)18-14(22)12-7-11-9(2)19-20(4)15(11)23-12/h7-8,10H,5-6,16H2,1-4H3,(H,17,21)(H,18,22). The molecule has 2 aromatic rings. The topological polar surface area (TPSA) is 102 Å². The minimum Gasteiger partial charge on any atom is -0.354 e. The van der Waals surface area contributed by atoms with E-state index in [1.165, 1.54) is 11.3 Å². The van der Waals surface area contributed by atoms with Gasteiger partial charge in [-0.2, -0.15) is 5.10 Å². The Labute approximate surface area is 139 Å². The average molecular weight is 337 g/mol. The molecule has 0 saturated heterocycles. The third-order valence-electron chi connectivity index (χ3n) is 3.56. The van der Waals surface area contributed by atoms with Crippen LogP contribution in [0.15, 0.2) is 6.07 Å². The lowest BCUT2D eigenvalue weighted by molar-refractivity contribution is -0.122. The number of fused-ring (bicyclic) bond motifs is 1. The summed E-state index contributed by atoms with van der Waals surface area (Å²) in [6, 6.07) is 1.26. The summed E-state index contributed by atoms with van der Waals surface area (Å²) in [7, 11) is 1.85. The van der Waals surface area contributed by atoms with Gasteiger partial charge in [0.1, 0.15) is 10.9 Å². The van der Waals surface area contributed by atoms with E-state index in [9.17, 15) is 9.59 Å². The Morgan fingerprint density at radius 2 is 2.13 bits per heavy atom. The molecule has 2 amide bonds. The first-order valence-corrected chi connectivity index (χ1v) is 8.38. The molecule has 0 aliphatic heterocycles. The summed E-state index contributed by atoms with van der Waals surface area (Å²) in [6.45, 7) is 5.96. The van der Waals surface area contributed by atoms with Gasteiger partial charge < -0.3 is 16.4 Å². The lowest BCUT2D eigenvalue weighted by atomic mass is 10.2. The zero-order chi connectivity index (χ0) is 17.1. The van der Waals surface area contributed by atoms with Gasteiger partial charge >= 0.3 is 0 Å². The number of nitrogens with two attached hydrogens (primary N) is 1. The van der Waals surface area contributed by atoms with Crippen molar-refractivity contribution in [1.29, 1.82) is 0 Å². The summed E-state index contributed by atoms with van der Waals surface area (Å²) >= 11 is 1.37. The molecule has 0 aliphatic rings. The Hall–Kier alpha value is -1.93. The zero-order valence-corrected chi connectivity index (χ0v) is 14.7. The van der Waals surface area contributed by atoms with Gasteiger partial charge in [0, 0.05) is 25.0 Å². The minimum atomic E-state index is -0.597. The highest BCUT2D eigenvalue weighted by molar-refractivity contribution is 7.20. The molecule has 2 heterocycles. The number of hydrogen-bond donors (Lipinski definition) is 3. The van der Waals surface area contributed by atoms with E-state index in [4.69, 9.17) is 5.73 Å². The summed E-state index contributed by atoms with van der Waals surface area (Å²) in [6.07, 6.45) is 0.703. The number of hydrogen-bond acceptors (Lipinski definition) is 5. The first-order chi connectivity index (χ1) is 10.8. The molecule has 2 rings (SSSR count). The molecular formula is C15H23N5O2S. The summed E-state index contributed by atoms with van der Waals surface area (Å²) in [5.74, 6) is -0.460. The number of nitrogens with one attached hydrogen (secondary N) is 2. The summed E-state index contributed by atoms with van der Waals surface area (Å²) in [5, 5.41) is 10.8. The van der Waals surface area contributed by atoms with Crippen molar-refractivity contribution in [2.24, 2.45) is 12.8 Å². The van der Waals surface area contributed by atoms with Crippen LogP contribution in [0.4, 0.5) is 0 Å². The van der Waals surface area contributed by atoms with E-state index in [0.717, 1.165) is 15.9 Å². The van der Waals surface area contributed by atoms with Crippen molar-refractivity contribution in [2.45, 2.75) is 39.3 Å². The third-order valence-corrected chi connectivity index (χ3v) is 4.76. The number of amides is 2. The number of carbonyl (C=O) groups excluding carboxylic acids is 2. The maximum Gasteiger partial charge on any atom is 0.262 e. The number of rotatable bonds is 6. The van der Waals surface area contributed by atoms with Gasteiger partial charge in [0.15, 0.2) is 0 Å². The number of thiophene rings is 1. The van der Waals surface area contributed by atoms with Gasteiger partial charge in [-0.15, -0.1) is 11.3 Å². The molecule has 8 heteroatoms. The van der Waals surface area contributed by atoms with E-state index in [1.807, 2.05) is 27.0 Å². The van der Waals surface area contributed by atoms with E-state index in [-0.39, 0.29) is 17.9 Å². The summed E-state index contributed by atoms with van der Waals surface area (Å²) < 4.78 is 1.76. The van der Waals surface area contributed by atoms with Gasteiger partial charge in [-0.25, -0.2) is 0 Å². The van der Waals surface area contributed by atoms with E-state index in [2.05, 4.69) is 15.7 Å². The van der Waals surface area contributed by atoms with Crippen molar-refractivity contribution >= 4 is 33.4 Å². The number of carbonyl (C=O) groups is 2. The molecule has 0 bridgehead atoms. The Morgan fingerprint density at radius 3 is 2.74 bits per heavy atom. The fraction of sp³-hybridized carbons (Fsp3) is 0.533. The Morgan fingerprint density at radius 1 is 1.43 bits per heavy atom. The SMILES string of the molecule is Cc1nn(C)c2sc(C(=O)NC(C)C(=O)NCCC(C)N)cc12. The predicted octanol–water partition coefficient (Wildman–Crippen LogP) is 0.915. The summed E-state index contributed by atoms with van der Waals surface area (Å²) in [4.78, 5) is 25.8. The molecule has 0 spiro atoms. The molecule has 2 aromatic heterocycles. The van der Waals surface area contributed by atoms with Crippen LogP contribution in [-0.2, 0) is 11.8 Å². The van der Waals surface area contributed by atoms with E-state index in [1.54, 1.807) is 11.6 Å². The minimum absolute atomic E-state index is 0.0376. The fourth-order valence-corrected chi connectivity index (χ4v) is 3.25. The highest BCUT2D eigenvalue weighted by Crippen LogP contribution is 2.27. The van der Waals surface area contributed by atoms with Crippen LogP contribution in [0.2, 0.25) is 0 Å². The van der Waals surface area contributed by atoms with Crippen molar-refractivity contribution in [3.63, 3.8) is 0 Å². The second-order valence-electron chi connectivity index (χ2n) is 5.79. The van der Waals surface area contributed by atoms with Crippen molar-refractivity contribution in [2.75, 3.05) is 6.54 Å². The molecule has 0 aromatic carbocycles. The quantitative estimate of drug-likeness (QED) is 0.729. The van der Waals surface area contributed by atoms with Gasteiger partial charge in [-0.3, -0.25) is 14.3 Å². The van der Waals surface area contributed by atoms with E-state index in [0.29, 0.717) is 17.8 Å². The molecular weight excluding hydrogens is 314 g/mol. The molecule has 7 nitrogen and oxygen atoms in total. The highest BCUT2D eigenvalue weighted by atomic mass is 32.1. The Balaban J connectivity index is 1.97. The van der Waals surface area contributed by atoms with Crippen molar-refractivity contribution in [3.05, 3.63) is 16.6 Å². The van der Waals surface area contributed by atoms with Crippen molar-refractivity contribution in [3.8, 4) is 0 Å². The average Bonchev–Trinajstić information content (AvgIpc) is 3.01. The molecule has 23 heavy (non-hydrogen) atoms. The smallest absolute Gasteiger partial charge is 0.262 e. The largest absolute Gasteiger partial charge is 0.354 e.